The number of likely N-dealkylation sites (N-methyl/N-ethyl adjacent to an activating group) is 1. The van der Waals surface area contributed by atoms with E-state index in [1.54, 1.807) is 18.2 Å². The number of hydrogen-bond donors (Lipinski definition) is 3. The highest BCUT2D eigenvalue weighted by molar-refractivity contribution is 6.34. The van der Waals surface area contributed by atoms with Crippen molar-refractivity contribution in [2.75, 3.05) is 54.1 Å². The number of benzene rings is 2. The predicted molar refractivity (Wildman–Crippen MR) is 149 cm³/mol. The lowest BCUT2D eigenvalue weighted by atomic mass is 10.2. The number of allylic oxidation sites excluding steroid dienone is 1. The molecule has 1 aliphatic heterocycles. The molecule has 3 N–H and O–H groups in total. The van der Waals surface area contributed by atoms with Crippen molar-refractivity contribution in [3.8, 4) is 0 Å². The van der Waals surface area contributed by atoms with Gasteiger partial charge in [-0.05, 0) is 63.4 Å². The molecule has 0 bridgehead atoms. The summed E-state index contributed by atoms with van der Waals surface area (Å²) in [6.45, 7) is 7.87. The highest BCUT2D eigenvalue weighted by Gasteiger charge is 2.14. The summed E-state index contributed by atoms with van der Waals surface area (Å²) >= 11 is 12.7. The second kappa shape index (κ2) is 11.6. The summed E-state index contributed by atoms with van der Waals surface area (Å²) in [6.07, 6.45) is 3.05. The molecule has 3 aromatic rings. The number of piperazine rings is 1. The monoisotopic (exact) mass is 525 g/mol. The Morgan fingerprint density at radius 1 is 0.944 bits per heavy atom. The molecule has 1 amide bonds. The smallest absolute Gasteiger partial charge is 0.248 e. The van der Waals surface area contributed by atoms with E-state index in [1.807, 2.05) is 26.0 Å². The van der Waals surface area contributed by atoms with Crippen LogP contribution in [0.25, 0.3) is 0 Å². The molecule has 188 valence electrons. The van der Waals surface area contributed by atoms with Crippen LogP contribution in [-0.2, 0) is 4.79 Å². The van der Waals surface area contributed by atoms with E-state index in [4.69, 9.17) is 23.2 Å². The minimum atomic E-state index is -0.233. The first-order valence-corrected chi connectivity index (χ1v) is 12.4. The highest BCUT2D eigenvalue weighted by Crippen LogP contribution is 2.30. The van der Waals surface area contributed by atoms with Crippen LogP contribution >= 0.6 is 23.2 Å². The van der Waals surface area contributed by atoms with Gasteiger partial charge in [0.15, 0.2) is 5.82 Å². The maximum absolute atomic E-state index is 12.0. The number of amides is 1. The van der Waals surface area contributed by atoms with Crippen LogP contribution in [0.1, 0.15) is 13.8 Å². The molecular formula is C26H29Cl2N7O. The van der Waals surface area contributed by atoms with Gasteiger partial charge in [-0.15, -0.1) is 0 Å². The first-order valence-electron chi connectivity index (χ1n) is 11.6. The van der Waals surface area contributed by atoms with Crippen LogP contribution in [-0.4, -0.2) is 54.0 Å². The van der Waals surface area contributed by atoms with Crippen molar-refractivity contribution in [3.05, 3.63) is 70.4 Å². The SMILES string of the molecule is CC(C)=CC(=O)Nc1ccc(Nc2nc(Nc3ccc(N4CCN(C)CC4)cc3)ncc2Cl)cc1Cl. The Labute approximate surface area is 221 Å². The number of anilines is 6. The molecule has 2 aromatic carbocycles. The lowest BCUT2D eigenvalue weighted by Crippen LogP contribution is -2.44. The van der Waals surface area contributed by atoms with Gasteiger partial charge in [0.2, 0.25) is 11.9 Å². The van der Waals surface area contributed by atoms with Crippen LogP contribution in [0.4, 0.5) is 34.5 Å². The Hall–Kier alpha value is -3.33. The number of rotatable bonds is 7. The number of nitrogens with one attached hydrogen (secondary N) is 3. The lowest BCUT2D eigenvalue weighted by Gasteiger charge is -2.34. The summed E-state index contributed by atoms with van der Waals surface area (Å²) in [5.74, 6) is 0.607. The van der Waals surface area contributed by atoms with E-state index in [0.29, 0.717) is 33.2 Å². The quantitative estimate of drug-likeness (QED) is 0.329. The maximum Gasteiger partial charge on any atom is 0.248 e. The number of carbonyl (C=O) groups is 1. The average Bonchev–Trinajstić information content (AvgIpc) is 2.83. The largest absolute Gasteiger partial charge is 0.369 e. The van der Waals surface area contributed by atoms with E-state index in [9.17, 15) is 4.79 Å². The van der Waals surface area contributed by atoms with Gasteiger partial charge in [-0.1, -0.05) is 28.8 Å². The van der Waals surface area contributed by atoms with Gasteiger partial charge >= 0.3 is 0 Å². The van der Waals surface area contributed by atoms with Crippen LogP contribution < -0.4 is 20.9 Å². The fourth-order valence-corrected chi connectivity index (χ4v) is 4.09. The molecule has 0 saturated carbocycles. The van der Waals surface area contributed by atoms with E-state index >= 15 is 0 Å². The molecule has 0 radical (unpaired) electrons. The van der Waals surface area contributed by atoms with E-state index in [2.05, 4.69) is 54.9 Å². The fraction of sp³-hybridized carbons (Fsp3) is 0.269. The molecule has 0 atom stereocenters. The van der Waals surface area contributed by atoms with Crippen LogP contribution in [0.5, 0.6) is 0 Å². The summed E-state index contributed by atoms with van der Waals surface area (Å²) in [5, 5.41) is 9.91. The van der Waals surface area contributed by atoms with E-state index in [1.165, 1.54) is 18.0 Å². The zero-order valence-corrected chi connectivity index (χ0v) is 22.0. The van der Waals surface area contributed by atoms with Gasteiger partial charge in [0.05, 0.1) is 16.9 Å². The molecule has 1 fully saturated rings. The molecule has 2 heterocycles. The minimum Gasteiger partial charge on any atom is -0.369 e. The molecule has 1 aromatic heterocycles. The van der Waals surface area contributed by atoms with Gasteiger partial charge in [0.1, 0.15) is 5.02 Å². The summed E-state index contributed by atoms with van der Waals surface area (Å²) in [7, 11) is 2.15. The first-order chi connectivity index (χ1) is 17.3. The van der Waals surface area contributed by atoms with Gasteiger partial charge < -0.3 is 25.8 Å². The molecule has 0 spiro atoms. The predicted octanol–water partition coefficient (Wildman–Crippen LogP) is 5.93. The van der Waals surface area contributed by atoms with Crippen LogP contribution in [0.15, 0.2) is 60.3 Å². The molecular weight excluding hydrogens is 497 g/mol. The van der Waals surface area contributed by atoms with Gasteiger partial charge in [-0.2, -0.15) is 4.98 Å². The van der Waals surface area contributed by atoms with Crippen molar-refractivity contribution in [2.45, 2.75) is 13.8 Å². The molecule has 1 saturated heterocycles. The molecule has 0 unspecified atom stereocenters. The highest BCUT2D eigenvalue weighted by atomic mass is 35.5. The molecule has 1 aliphatic rings. The summed E-state index contributed by atoms with van der Waals surface area (Å²) in [6, 6.07) is 13.4. The molecule has 0 aliphatic carbocycles. The molecule has 8 nitrogen and oxygen atoms in total. The Morgan fingerprint density at radius 3 is 2.31 bits per heavy atom. The van der Waals surface area contributed by atoms with E-state index < -0.39 is 0 Å². The number of hydrogen-bond acceptors (Lipinski definition) is 7. The summed E-state index contributed by atoms with van der Waals surface area (Å²) < 4.78 is 0. The minimum absolute atomic E-state index is 0.233. The summed E-state index contributed by atoms with van der Waals surface area (Å²) in [5.41, 5.74) is 4.16. The zero-order valence-electron chi connectivity index (χ0n) is 20.5. The van der Waals surface area contributed by atoms with Gasteiger partial charge in [-0.3, -0.25) is 4.79 Å². The van der Waals surface area contributed by atoms with Crippen LogP contribution in [0.2, 0.25) is 10.0 Å². The van der Waals surface area contributed by atoms with Gasteiger partial charge in [0.25, 0.3) is 0 Å². The van der Waals surface area contributed by atoms with E-state index in [-0.39, 0.29) is 5.91 Å². The van der Waals surface area contributed by atoms with Crippen molar-refractivity contribution in [1.29, 1.82) is 0 Å². The van der Waals surface area contributed by atoms with Crippen molar-refractivity contribution >= 4 is 63.6 Å². The normalized spacial score (nSPS) is 13.8. The Kier molecular flexibility index (Phi) is 8.30. The summed E-state index contributed by atoms with van der Waals surface area (Å²) in [4.78, 5) is 25.5. The lowest BCUT2D eigenvalue weighted by molar-refractivity contribution is -0.111. The van der Waals surface area contributed by atoms with Crippen LogP contribution in [0, 0.1) is 0 Å². The number of halogens is 2. The first kappa shape index (κ1) is 25.8. The third kappa shape index (κ3) is 6.87. The fourth-order valence-electron chi connectivity index (χ4n) is 3.73. The second-order valence-electron chi connectivity index (χ2n) is 8.88. The molecule has 4 rings (SSSR count). The standard InChI is InChI=1S/C26H29Cl2N7O/c1-17(2)14-24(36)32-23-9-6-19(15-21(23)27)30-25-22(28)16-29-26(33-25)31-18-4-7-20(8-5-18)35-12-10-34(3)11-13-35/h4-9,14-16H,10-13H2,1-3H3,(H,32,36)(H2,29,30,31,33). The third-order valence-corrected chi connectivity index (χ3v) is 6.23. The van der Waals surface area contributed by atoms with Crippen molar-refractivity contribution < 1.29 is 4.79 Å². The Balaban J connectivity index is 1.42. The van der Waals surface area contributed by atoms with Gasteiger partial charge in [0, 0.05) is 49.3 Å². The van der Waals surface area contributed by atoms with Crippen LogP contribution in [0.3, 0.4) is 0 Å². The number of carbonyl (C=O) groups excluding carboxylic acids is 1. The van der Waals surface area contributed by atoms with Crippen molar-refractivity contribution in [3.63, 3.8) is 0 Å². The average molecular weight is 526 g/mol. The topological polar surface area (TPSA) is 85.4 Å². The number of aromatic nitrogens is 2. The maximum atomic E-state index is 12.0. The van der Waals surface area contributed by atoms with Crippen molar-refractivity contribution in [2.24, 2.45) is 0 Å². The molecule has 36 heavy (non-hydrogen) atoms. The van der Waals surface area contributed by atoms with Gasteiger partial charge in [-0.25, -0.2) is 4.98 Å². The van der Waals surface area contributed by atoms with E-state index in [0.717, 1.165) is 37.4 Å². The number of nitrogens with zero attached hydrogens (tertiary/aromatic N) is 4. The van der Waals surface area contributed by atoms with Crippen molar-refractivity contribution in [1.82, 2.24) is 14.9 Å². The third-order valence-electron chi connectivity index (χ3n) is 5.65. The Morgan fingerprint density at radius 2 is 1.64 bits per heavy atom. The second-order valence-corrected chi connectivity index (χ2v) is 9.70. The Bertz CT molecular complexity index is 1250. The zero-order chi connectivity index (χ0) is 25.7. The molecule has 10 heteroatoms.